The number of nitrogens with one attached hydrogen (secondary N) is 3. The van der Waals surface area contributed by atoms with Gasteiger partial charge in [0.1, 0.15) is 11.8 Å². The molecule has 40 heavy (non-hydrogen) atoms. The summed E-state index contributed by atoms with van der Waals surface area (Å²) in [5, 5.41) is 8.70. The van der Waals surface area contributed by atoms with Crippen LogP contribution in [0.5, 0.6) is 5.75 Å². The molecule has 0 unspecified atom stereocenters. The summed E-state index contributed by atoms with van der Waals surface area (Å²) >= 11 is 0. The highest BCUT2D eigenvalue weighted by Gasteiger charge is 2.32. The van der Waals surface area contributed by atoms with E-state index in [1.807, 2.05) is 54.6 Å². The van der Waals surface area contributed by atoms with E-state index in [1.165, 1.54) is 5.56 Å². The highest BCUT2D eigenvalue weighted by Crippen LogP contribution is 2.22. The first-order chi connectivity index (χ1) is 19.3. The van der Waals surface area contributed by atoms with Crippen molar-refractivity contribution in [3.8, 4) is 5.75 Å². The summed E-state index contributed by atoms with van der Waals surface area (Å²) in [7, 11) is 1.60. The molecule has 3 aromatic rings. The number of amides is 4. The number of ether oxygens (including phenoxy) is 1. The molecule has 0 aliphatic carbocycles. The summed E-state index contributed by atoms with van der Waals surface area (Å²) in [6.07, 6.45) is 1.48. The molecule has 1 heterocycles. The second-order valence-electron chi connectivity index (χ2n) is 10.4. The lowest BCUT2D eigenvalue weighted by molar-refractivity contribution is -0.136. The van der Waals surface area contributed by atoms with Gasteiger partial charge in [-0.15, -0.1) is 0 Å². The van der Waals surface area contributed by atoms with Crippen LogP contribution in [0.4, 0.5) is 16.2 Å². The lowest BCUT2D eigenvalue weighted by Crippen LogP contribution is -2.53. The highest BCUT2D eigenvalue weighted by molar-refractivity contribution is 5.95. The molecule has 1 atom stereocenters. The molecule has 0 bridgehead atoms. The van der Waals surface area contributed by atoms with Crippen LogP contribution in [0.2, 0.25) is 0 Å². The topological polar surface area (TPSA) is 99.8 Å². The lowest BCUT2D eigenvalue weighted by atomic mass is 9.94. The van der Waals surface area contributed by atoms with E-state index >= 15 is 0 Å². The third kappa shape index (κ3) is 7.85. The largest absolute Gasteiger partial charge is 0.497 e. The number of likely N-dealkylation sites (tertiary alicyclic amines) is 1. The van der Waals surface area contributed by atoms with Crippen molar-refractivity contribution >= 4 is 29.2 Å². The summed E-state index contributed by atoms with van der Waals surface area (Å²) in [6.45, 7) is 5.13. The van der Waals surface area contributed by atoms with E-state index in [2.05, 4.69) is 29.8 Å². The van der Waals surface area contributed by atoms with Gasteiger partial charge in [-0.05, 0) is 66.3 Å². The van der Waals surface area contributed by atoms with Crippen LogP contribution in [0.3, 0.4) is 0 Å². The molecule has 4 rings (SSSR count). The van der Waals surface area contributed by atoms with Gasteiger partial charge in [0.25, 0.3) is 0 Å². The number of urea groups is 1. The third-order valence-electron chi connectivity index (χ3n) is 7.26. The van der Waals surface area contributed by atoms with Gasteiger partial charge in [-0.2, -0.15) is 0 Å². The van der Waals surface area contributed by atoms with Gasteiger partial charge in [0.05, 0.1) is 7.11 Å². The van der Waals surface area contributed by atoms with Crippen molar-refractivity contribution in [2.45, 2.75) is 45.1 Å². The Labute approximate surface area is 236 Å². The molecule has 0 saturated carbocycles. The van der Waals surface area contributed by atoms with E-state index in [0.717, 1.165) is 11.3 Å². The average molecular weight is 543 g/mol. The molecule has 4 amide bonds. The molecule has 1 aliphatic rings. The van der Waals surface area contributed by atoms with Crippen molar-refractivity contribution in [3.63, 3.8) is 0 Å². The maximum atomic E-state index is 13.6. The predicted molar refractivity (Wildman–Crippen MR) is 158 cm³/mol. The number of anilines is 2. The molecule has 0 radical (unpaired) electrons. The molecule has 1 saturated heterocycles. The van der Waals surface area contributed by atoms with Gasteiger partial charge in [0, 0.05) is 36.8 Å². The minimum Gasteiger partial charge on any atom is -0.497 e. The number of rotatable bonds is 9. The molecule has 3 aromatic carbocycles. The molecule has 8 nitrogen and oxygen atoms in total. The second-order valence-corrected chi connectivity index (χ2v) is 10.4. The van der Waals surface area contributed by atoms with Gasteiger partial charge in [0.15, 0.2) is 0 Å². The molecule has 0 aromatic heterocycles. The summed E-state index contributed by atoms with van der Waals surface area (Å²) < 4.78 is 5.17. The zero-order chi connectivity index (χ0) is 28.5. The Balaban J connectivity index is 1.36. The molecule has 8 heteroatoms. The Bertz CT molecular complexity index is 1270. The Morgan fingerprint density at radius 2 is 1.45 bits per heavy atom. The van der Waals surface area contributed by atoms with Crippen LogP contribution >= 0.6 is 0 Å². The fourth-order valence-electron chi connectivity index (χ4n) is 4.83. The first-order valence-corrected chi connectivity index (χ1v) is 13.8. The van der Waals surface area contributed by atoms with Crippen LogP contribution in [0.25, 0.3) is 0 Å². The van der Waals surface area contributed by atoms with Crippen molar-refractivity contribution < 1.29 is 19.1 Å². The standard InChI is InChI=1S/C32H38N4O4/c1-22(2)24-9-11-27(12-10-24)34-32(39)35-29(21-23-7-5-4-6-8-23)31(38)36-19-17-25(18-20-36)30(37)33-26-13-15-28(40-3)16-14-26/h4-16,22,25,29H,17-21H2,1-3H3,(H,33,37)(H2,34,35,39)/t29-/m1/s1. The van der Waals surface area contributed by atoms with Gasteiger partial charge in [-0.25, -0.2) is 4.79 Å². The molecule has 1 aliphatic heterocycles. The maximum absolute atomic E-state index is 13.6. The van der Waals surface area contributed by atoms with E-state index in [4.69, 9.17) is 4.74 Å². The van der Waals surface area contributed by atoms with Crippen LogP contribution in [-0.2, 0) is 16.0 Å². The van der Waals surface area contributed by atoms with Gasteiger partial charge in [-0.1, -0.05) is 56.3 Å². The zero-order valence-electron chi connectivity index (χ0n) is 23.4. The summed E-state index contributed by atoms with van der Waals surface area (Å²) in [4.78, 5) is 41.1. The number of hydrogen-bond acceptors (Lipinski definition) is 4. The quantitative estimate of drug-likeness (QED) is 0.336. The van der Waals surface area contributed by atoms with Crippen LogP contribution in [0.1, 0.15) is 43.7 Å². The highest BCUT2D eigenvalue weighted by atomic mass is 16.5. The van der Waals surface area contributed by atoms with Crippen LogP contribution in [0, 0.1) is 5.92 Å². The van der Waals surface area contributed by atoms with Crippen LogP contribution in [0.15, 0.2) is 78.9 Å². The lowest BCUT2D eigenvalue weighted by Gasteiger charge is -2.34. The van der Waals surface area contributed by atoms with Crippen LogP contribution in [-0.4, -0.2) is 49.0 Å². The smallest absolute Gasteiger partial charge is 0.319 e. The van der Waals surface area contributed by atoms with E-state index in [1.54, 1.807) is 36.3 Å². The Morgan fingerprint density at radius 3 is 2.05 bits per heavy atom. The summed E-state index contributed by atoms with van der Waals surface area (Å²) in [5.41, 5.74) is 3.51. The van der Waals surface area contributed by atoms with Gasteiger partial charge in [0.2, 0.25) is 11.8 Å². The van der Waals surface area contributed by atoms with Crippen molar-refractivity contribution in [2.24, 2.45) is 5.92 Å². The number of carbonyl (C=O) groups excluding carboxylic acids is 3. The summed E-state index contributed by atoms with van der Waals surface area (Å²) in [5.74, 6) is 0.723. The number of methoxy groups -OCH3 is 1. The first kappa shape index (κ1) is 28.7. The minimum atomic E-state index is -0.734. The molecule has 210 valence electrons. The van der Waals surface area contributed by atoms with Crippen LogP contribution < -0.4 is 20.7 Å². The minimum absolute atomic E-state index is 0.0564. The Kier molecular flexibility index (Phi) is 9.78. The molecule has 0 spiro atoms. The SMILES string of the molecule is COc1ccc(NC(=O)C2CCN(C(=O)[C@@H](Cc3ccccc3)NC(=O)Nc3ccc(C(C)C)cc3)CC2)cc1. The normalized spacial score (nSPS) is 14.3. The summed E-state index contributed by atoms with van der Waals surface area (Å²) in [6, 6.07) is 23.4. The van der Waals surface area contributed by atoms with Crippen molar-refractivity contribution in [1.29, 1.82) is 0 Å². The van der Waals surface area contributed by atoms with Crippen molar-refractivity contribution in [3.05, 3.63) is 90.0 Å². The van der Waals surface area contributed by atoms with Gasteiger partial charge in [-0.3, -0.25) is 9.59 Å². The van der Waals surface area contributed by atoms with E-state index in [9.17, 15) is 14.4 Å². The van der Waals surface area contributed by atoms with Gasteiger partial charge >= 0.3 is 6.03 Å². The molecule has 1 fully saturated rings. The number of carbonyl (C=O) groups is 3. The first-order valence-electron chi connectivity index (χ1n) is 13.8. The molecular formula is C32H38N4O4. The van der Waals surface area contributed by atoms with Gasteiger partial charge < -0.3 is 25.6 Å². The van der Waals surface area contributed by atoms with E-state index in [-0.39, 0.29) is 17.7 Å². The number of hydrogen-bond donors (Lipinski definition) is 3. The number of benzene rings is 3. The monoisotopic (exact) mass is 542 g/mol. The zero-order valence-corrected chi connectivity index (χ0v) is 23.4. The fourth-order valence-corrected chi connectivity index (χ4v) is 4.83. The van der Waals surface area contributed by atoms with E-state index < -0.39 is 12.1 Å². The molecular weight excluding hydrogens is 504 g/mol. The number of nitrogens with zero attached hydrogens (tertiary/aromatic N) is 1. The molecule has 3 N–H and O–H groups in total. The second kappa shape index (κ2) is 13.6. The third-order valence-corrected chi connectivity index (χ3v) is 7.26. The number of piperidine rings is 1. The Hall–Kier alpha value is -4.33. The maximum Gasteiger partial charge on any atom is 0.319 e. The van der Waals surface area contributed by atoms with E-state index in [0.29, 0.717) is 49.6 Å². The average Bonchev–Trinajstić information content (AvgIpc) is 2.97. The Morgan fingerprint density at radius 1 is 0.850 bits per heavy atom. The predicted octanol–water partition coefficient (Wildman–Crippen LogP) is 5.43. The van der Waals surface area contributed by atoms with Crippen molar-refractivity contribution in [1.82, 2.24) is 10.2 Å². The van der Waals surface area contributed by atoms with Crippen molar-refractivity contribution in [2.75, 3.05) is 30.8 Å². The fraction of sp³-hybridized carbons (Fsp3) is 0.344.